The topological polar surface area (TPSA) is 20.2 Å². The summed E-state index contributed by atoms with van der Waals surface area (Å²) < 4.78 is 67.0. The first-order chi connectivity index (χ1) is 10.1. The summed E-state index contributed by atoms with van der Waals surface area (Å²) in [7, 11) is 0. The van der Waals surface area contributed by atoms with Gasteiger partial charge in [-0.25, -0.2) is 4.39 Å². The first-order valence-corrected chi connectivity index (χ1v) is 4.64. The SMILES string of the molecule is [2H]c1c([2H])c([2H])c(-c2c(F)c([2H])c([2H])c([2H])c2Br)c(O)c1[2H]. The Morgan fingerprint density at radius 1 is 1.13 bits per heavy atom. The van der Waals surface area contributed by atoms with Gasteiger partial charge in [0, 0.05) is 15.6 Å². The van der Waals surface area contributed by atoms with Gasteiger partial charge in [-0.15, -0.1) is 0 Å². The molecule has 0 atom stereocenters. The molecule has 1 N–H and O–H groups in total. The predicted octanol–water partition coefficient (Wildman–Crippen LogP) is 3.96. The first-order valence-electron chi connectivity index (χ1n) is 7.35. The van der Waals surface area contributed by atoms with E-state index in [2.05, 4.69) is 15.9 Å². The third-order valence-electron chi connectivity index (χ3n) is 1.70. The molecule has 2 rings (SSSR count). The van der Waals surface area contributed by atoms with Crippen molar-refractivity contribution in [3.8, 4) is 16.9 Å². The zero-order valence-corrected chi connectivity index (χ0v) is 8.79. The molecule has 0 aliphatic heterocycles. The number of hydrogen-bond donors (Lipinski definition) is 1. The highest BCUT2D eigenvalue weighted by molar-refractivity contribution is 9.10. The molecule has 15 heavy (non-hydrogen) atoms. The first kappa shape index (κ1) is 4.66. The van der Waals surface area contributed by atoms with Gasteiger partial charge in [-0.2, -0.15) is 0 Å². The molecule has 0 radical (unpaired) electrons. The van der Waals surface area contributed by atoms with E-state index in [-0.39, 0.29) is 4.47 Å². The standard InChI is InChI=1S/C12H8BrFO/c13-9-5-3-6-10(14)12(9)8-4-1-2-7-11(8)15/h1-7,15H/i1D,2D,3D,4D,5D,6D,7D. The van der Waals surface area contributed by atoms with Crippen molar-refractivity contribution in [3.05, 3.63) is 52.6 Å². The van der Waals surface area contributed by atoms with Crippen LogP contribution in [0.15, 0.2) is 46.8 Å². The number of phenols is 1. The average molecular weight is 274 g/mol. The highest BCUT2D eigenvalue weighted by atomic mass is 79.9. The normalized spacial score (nSPS) is 16.8. The second-order valence-electron chi connectivity index (χ2n) is 2.60. The Balaban J connectivity index is 3.03. The molecular formula is C12H8BrFO. The molecular weight excluding hydrogens is 259 g/mol. The van der Waals surface area contributed by atoms with Gasteiger partial charge >= 0.3 is 0 Å². The second-order valence-corrected chi connectivity index (χ2v) is 3.39. The molecule has 0 bridgehead atoms. The highest BCUT2D eigenvalue weighted by Crippen LogP contribution is 2.35. The Morgan fingerprint density at radius 2 is 1.87 bits per heavy atom. The molecule has 0 unspecified atom stereocenters. The second kappa shape index (κ2) is 4.03. The van der Waals surface area contributed by atoms with Crippen molar-refractivity contribution in [1.82, 2.24) is 0 Å². The number of aromatic hydroxyl groups is 1. The van der Waals surface area contributed by atoms with Crippen molar-refractivity contribution in [2.24, 2.45) is 0 Å². The Labute approximate surface area is 105 Å². The van der Waals surface area contributed by atoms with Gasteiger partial charge in [-0.1, -0.05) is 40.1 Å². The summed E-state index contributed by atoms with van der Waals surface area (Å²) in [5.74, 6) is -2.14. The molecule has 0 saturated heterocycles. The van der Waals surface area contributed by atoms with Crippen molar-refractivity contribution < 1.29 is 19.1 Å². The number of phenolic OH excluding ortho intramolecular Hbond substituents is 1. The number of hydrogen-bond acceptors (Lipinski definition) is 1. The molecule has 0 aromatic heterocycles. The summed E-state index contributed by atoms with van der Waals surface area (Å²) in [4.78, 5) is 0. The van der Waals surface area contributed by atoms with Gasteiger partial charge < -0.3 is 5.11 Å². The number of rotatable bonds is 1. The molecule has 2 aromatic rings. The lowest BCUT2D eigenvalue weighted by Gasteiger charge is -2.07. The van der Waals surface area contributed by atoms with Crippen LogP contribution in [-0.2, 0) is 0 Å². The molecule has 0 heterocycles. The third kappa shape index (κ3) is 1.88. The van der Waals surface area contributed by atoms with Gasteiger partial charge in [0.05, 0.1) is 9.60 Å². The maximum atomic E-state index is 14.3. The lowest BCUT2D eigenvalue weighted by Crippen LogP contribution is -1.86. The molecule has 3 heteroatoms. The van der Waals surface area contributed by atoms with Crippen LogP contribution in [0, 0.1) is 5.82 Å². The van der Waals surface area contributed by atoms with E-state index in [0.717, 1.165) is 0 Å². The predicted molar refractivity (Wildman–Crippen MR) is 61.2 cm³/mol. The van der Waals surface area contributed by atoms with Crippen molar-refractivity contribution in [3.63, 3.8) is 0 Å². The van der Waals surface area contributed by atoms with Crippen LogP contribution in [0.3, 0.4) is 0 Å². The molecule has 0 aliphatic rings. The monoisotopic (exact) mass is 273 g/mol. The summed E-state index contributed by atoms with van der Waals surface area (Å²) in [5.41, 5.74) is -1.10. The minimum atomic E-state index is -1.26. The molecule has 0 saturated carbocycles. The molecule has 2 aromatic carbocycles. The zero-order chi connectivity index (χ0) is 16.9. The van der Waals surface area contributed by atoms with Gasteiger partial charge in [0.1, 0.15) is 11.6 Å². The maximum Gasteiger partial charge on any atom is 0.132 e. The number of benzene rings is 2. The minimum Gasteiger partial charge on any atom is -0.507 e. The summed E-state index contributed by atoms with van der Waals surface area (Å²) in [6.45, 7) is 0. The van der Waals surface area contributed by atoms with E-state index in [4.69, 9.17) is 9.60 Å². The van der Waals surface area contributed by atoms with Gasteiger partial charge in [-0.05, 0) is 18.1 Å². The fraction of sp³-hybridized carbons (Fsp3) is 0. The quantitative estimate of drug-likeness (QED) is 0.834. The van der Waals surface area contributed by atoms with Crippen LogP contribution in [0.1, 0.15) is 9.60 Å². The van der Waals surface area contributed by atoms with Crippen molar-refractivity contribution >= 4 is 15.9 Å². The van der Waals surface area contributed by atoms with Crippen LogP contribution in [0.2, 0.25) is 0 Å². The fourth-order valence-electron chi connectivity index (χ4n) is 1.07. The number of para-hydroxylation sites is 1. The summed E-state index contributed by atoms with van der Waals surface area (Å²) in [6, 6.07) is -4.91. The van der Waals surface area contributed by atoms with E-state index < -0.39 is 65.0 Å². The Hall–Kier alpha value is -1.35. The molecule has 0 amide bonds. The van der Waals surface area contributed by atoms with Crippen LogP contribution in [0.5, 0.6) is 5.75 Å². The maximum absolute atomic E-state index is 14.3. The third-order valence-corrected chi connectivity index (χ3v) is 2.30. The Morgan fingerprint density at radius 3 is 2.67 bits per heavy atom. The Bertz CT molecular complexity index is 684. The molecule has 76 valence electrons. The van der Waals surface area contributed by atoms with E-state index in [0.29, 0.717) is 0 Å². The van der Waals surface area contributed by atoms with Gasteiger partial charge in [0.15, 0.2) is 0 Å². The van der Waals surface area contributed by atoms with E-state index in [1.807, 2.05) is 0 Å². The molecule has 1 nitrogen and oxygen atoms in total. The highest BCUT2D eigenvalue weighted by Gasteiger charge is 2.11. The summed E-state index contributed by atoms with van der Waals surface area (Å²) in [5, 5.41) is 9.97. The molecule has 0 spiro atoms. The van der Waals surface area contributed by atoms with E-state index >= 15 is 0 Å². The summed E-state index contributed by atoms with van der Waals surface area (Å²) >= 11 is 2.89. The van der Waals surface area contributed by atoms with Crippen LogP contribution in [0.25, 0.3) is 11.1 Å². The molecule has 0 fully saturated rings. The van der Waals surface area contributed by atoms with Crippen molar-refractivity contribution in [2.75, 3.05) is 0 Å². The van der Waals surface area contributed by atoms with Crippen LogP contribution in [0.4, 0.5) is 4.39 Å². The minimum absolute atomic E-state index is 0.272. The smallest absolute Gasteiger partial charge is 0.132 e. The lowest BCUT2D eigenvalue weighted by molar-refractivity contribution is 0.476. The number of halogens is 2. The molecule has 0 aliphatic carbocycles. The largest absolute Gasteiger partial charge is 0.507 e. The van der Waals surface area contributed by atoms with Crippen molar-refractivity contribution in [1.29, 1.82) is 0 Å². The zero-order valence-electron chi connectivity index (χ0n) is 14.2. The van der Waals surface area contributed by atoms with E-state index in [1.54, 1.807) is 0 Å². The summed E-state index contributed by atoms with van der Waals surface area (Å²) in [6.07, 6.45) is 0. The van der Waals surface area contributed by atoms with E-state index in [9.17, 15) is 9.50 Å². The fourth-order valence-corrected chi connectivity index (χ4v) is 1.54. The average Bonchev–Trinajstić information content (AvgIpc) is 2.50. The Kier molecular flexibility index (Phi) is 1.25. The lowest BCUT2D eigenvalue weighted by atomic mass is 10.0. The van der Waals surface area contributed by atoms with Crippen molar-refractivity contribution in [2.45, 2.75) is 0 Å². The van der Waals surface area contributed by atoms with Gasteiger partial charge in [0.2, 0.25) is 0 Å². The van der Waals surface area contributed by atoms with Gasteiger partial charge in [-0.3, -0.25) is 0 Å². The van der Waals surface area contributed by atoms with Gasteiger partial charge in [0.25, 0.3) is 0 Å². The van der Waals surface area contributed by atoms with E-state index in [1.165, 1.54) is 0 Å². The van der Waals surface area contributed by atoms with Crippen LogP contribution < -0.4 is 0 Å². The van der Waals surface area contributed by atoms with Crippen LogP contribution in [-0.4, -0.2) is 5.11 Å². The van der Waals surface area contributed by atoms with Crippen LogP contribution >= 0.6 is 15.9 Å².